The molecule has 0 aliphatic carbocycles. The van der Waals surface area contributed by atoms with E-state index in [0.29, 0.717) is 25.7 Å². The molecular weight excluding hydrogens is 419 g/mol. The molecule has 1 aromatic rings. The average Bonchev–Trinajstić information content (AvgIpc) is 2.56. The van der Waals surface area contributed by atoms with Gasteiger partial charge in [0.25, 0.3) is 0 Å². The molecule has 7 heteroatoms. The van der Waals surface area contributed by atoms with Crippen molar-refractivity contribution in [2.24, 2.45) is 4.99 Å². The monoisotopic (exact) mass is 448 g/mol. The Morgan fingerprint density at radius 1 is 1.29 bits per heavy atom. The predicted octanol–water partition coefficient (Wildman–Crippen LogP) is 2.03. The fourth-order valence-corrected chi connectivity index (χ4v) is 1.86. The zero-order valence-electron chi connectivity index (χ0n) is 14.9. The van der Waals surface area contributed by atoms with Crippen LogP contribution in [0.2, 0.25) is 0 Å². The van der Waals surface area contributed by atoms with Gasteiger partial charge in [0, 0.05) is 27.2 Å². The standard InChI is InChI=1S/C17H28N4O2.HI/c1-5-23-12-11-18-17(19-13-16(22)21(3)4)20-14(2)15-9-7-6-8-10-15;/h6-10,14H,5,11-13H2,1-4H3,(H2,18,19,20);1H. The van der Waals surface area contributed by atoms with E-state index in [9.17, 15) is 4.79 Å². The number of ether oxygens (including phenoxy) is 1. The highest BCUT2D eigenvalue weighted by molar-refractivity contribution is 14.0. The van der Waals surface area contributed by atoms with Crippen molar-refractivity contribution in [3.63, 3.8) is 0 Å². The van der Waals surface area contributed by atoms with Gasteiger partial charge in [0.2, 0.25) is 5.91 Å². The van der Waals surface area contributed by atoms with E-state index in [2.05, 4.69) is 34.7 Å². The maximum atomic E-state index is 11.7. The Hall–Kier alpha value is -1.35. The number of rotatable bonds is 8. The number of carbonyl (C=O) groups excluding carboxylic acids is 1. The van der Waals surface area contributed by atoms with Gasteiger partial charge < -0.3 is 20.3 Å². The van der Waals surface area contributed by atoms with Crippen molar-refractivity contribution < 1.29 is 9.53 Å². The molecule has 1 rings (SSSR count). The summed E-state index contributed by atoms with van der Waals surface area (Å²) < 4.78 is 5.32. The summed E-state index contributed by atoms with van der Waals surface area (Å²) in [4.78, 5) is 17.6. The molecule has 136 valence electrons. The molecule has 0 spiro atoms. The van der Waals surface area contributed by atoms with Crippen molar-refractivity contribution in [3.8, 4) is 0 Å². The summed E-state index contributed by atoms with van der Waals surface area (Å²) in [5.74, 6) is 0.569. The third kappa shape index (κ3) is 9.07. The minimum Gasteiger partial charge on any atom is -0.380 e. The van der Waals surface area contributed by atoms with Gasteiger partial charge in [-0.2, -0.15) is 0 Å². The first kappa shape index (κ1) is 22.6. The lowest BCUT2D eigenvalue weighted by molar-refractivity contribution is -0.127. The Morgan fingerprint density at radius 3 is 2.54 bits per heavy atom. The maximum Gasteiger partial charge on any atom is 0.243 e. The molecule has 0 saturated heterocycles. The molecule has 1 unspecified atom stereocenters. The van der Waals surface area contributed by atoms with Crippen LogP contribution in [0, 0.1) is 0 Å². The Labute approximate surface area is 162 Å². The number of hydrogen-bond acceptors (Lipinski definition) is 3. The molecule has 1 aromatic carbocycles. The van der Waals surface area contributed by atoms with Crippen LogP contribution in [-0.2, 0) is 9.53 Å². The number of carbonyl (C=O) groups is 1. The number of aliphatic imine (C=N–C) groups is 1. The molecule has 0 bridgehead atoms. The van der Waals surface area contributed by atoms with Gasteiger partial charge in [0.15, 0.2) is 5.96 Å². The molecule has 24 heavy (non-hydrogen) atoms. The van der Waals surface area contributed by atoms with Gasteiger partial charge in [-0.3, -0.25) is 4.79 Å². The van der Waals surface area contributed by atoms with Crippen molar-refractivity contribution in [2.75, 3.05) is 40.4 Å². The van der Waals surface area contributed by atoms with E-state index in [-0.39, 0.29) is 42.5 Å². The highest BCUT2D eigenvalue weighted by Crippen LogP contribution is 2.10. The summed E-state index contributed by atoms with van der Waals surface area (Å²) in [5.41, 5.74) is 1.16. The highest BCUT2D eigenvalue weighted by Gasteiger charge is 2.09. The minimum atomic E-state index is -0.0386. The summed E-state index contributed by atoms with van der Waals surface area (Å²) in [5, 5.41) is 6.51. The van der Waals surface area contributed by atoms with E-state index in [0.717, 1.165) is 5.56 Å². The summed E-state index contributed by atoms with van der Waals surface area (Å²) >= 11 is 0. The van der Waals surface area contributed by atoms with Crippen LogP contribution in [0.5, 0.6) is 0 Å². The van der Waals surface area contributed by atoms with Crippen molar-refractivity contribution in [3.05, 3.63) is 35.9 Å². The van der Waals surface area contributed by atoms with E-state index in [1.54, 1.807) is 14.1 Å². The number of nitrogens with one attached hydrogen (secondary N) is 2. The zero-order valence-corrected chi connectivity index (χ0v) is 17.2. The molecular formula is C17H29IN4O2. The number of hydrogen-bond donors (Lipinski definition) is 2. The van der Waals surface area contributed by atoms with Gasteiger partial charge in [0.1, 0.15) is 6.54 Å². The Balaban J connectivity index is 0.00000529. The average molecular weight is 448 g/mol. The number of guanidine groups is 1. The van der Waals surface area contributed by atoms with E-state index in [4.69, 9.17) is 4.74 Å². The van der Waals surface area contributed by atoms with E-state index in [1.165, 1.54) is 4.90 Å². The van der Waals surface area contributed by atoms with Gasteiger partial charge in [-0.15, -0.1) is 24.0 Å². The molecule has 0 saturated carbocycles. The van der Waals surface area contributed by atoms with Crippen LogP contribution >= 0.6 is 24.0 Å². The van der Waals surface area contributed by atoms with Gasteiger partial charge in [-0.1, -0.05) is 30.3 Å². The summed E-state index contributed by atoms with van der Waals surface area (Å²) in [7, 11) is 3.44. The molecule has 1 atom stereocenters. The molecule has 0 aliphatic rings. The zero-order chi connectivity index (χ0) is 17.1. The van der Waals surface area contributed by atoms with Crippen molar-refractivity contribution in [1.82, 2.24) is 15.5 Å². The Morgan fingerprint density at radius 2 is 1.96 bits per heavy atom. The lowest BCUT2D eigenvalue weighted by Crippen LogP contribution is -2.41. The number of nitrogens with zero attached hydrogens (tertiary/aromatic N) is 2. The molecule has 1 amide bonds. The van der Waals surface area contributed by atoms with Crippen LogP contribution in [0.4, 0.5) is 0 Å². The highest BCUT2D eigenvalue weighted by atomic mass is 127. The predicted molar refractivity (Wildman–Crippen MR) is 109 cm³/mol. The molecule has 0 aromatic heterocycles. The second-order valence-corrected chi connectivity index (χ2v) is 5.35. The summed E-state index contributed by atoms with van der Waals surface area (Å²) in [6.45, 7) is 6.04. The van der Waals surface area contributed by atoms with Crippen LogP contribution in [0.1, 0.15) is 25.5 Å². The maximum absolute atomic E-state index is 11.7. The lowest BCUT2D eigenvalue weighted by Gasteiger charge is -2.19. The van der Waals surface area contributed by atoms with Crippen LogP contribution in [0.3, 0.4) is 0 Å². The van der Waals surface area contributed by atoms with Gasteiger partial charge >= 0.3 is 0 Å². The largest absolute Gasteiger partial charge is 0.380 e. The molecule has 0 fully saturated rings. The molecule has 0 heterocycles. The number of halogens is 1. The first-order valence-corrected chi connectivity index (χ1v) is 7.92. The van der Waals surface area contributed by atoms with E-state index in [1.807, 2.05) is 25.1 Å². The van der Waals surface area contributed by atoms with Crippen molar-refractivity contribution >= 4 is 35.8 Å². The molecule has 0 radical (unpaired) electrons. The van der Waals surface area contributed by atoms with E-state index < -0.39 is 0 Å². The fraction of sp³-hybridized carbons (Fsp3) is 0.529. The van der Waals surface area contributed by atoms with Crippen LogP contribution < -0.4 is 10.6 Å². The second kappa shape index (κ2) is 13.0. The Bertz CT molecular complexity index is 495. The summed E-state index contributed by atoms with van der Waals surface area (Å²) in [6.07, 6.45) is 0. The first-order valence-electron chi connectivity index (χ1n) is 7.92. The molecule has 2 N–H and O–H groups in total. The second-order valence-electron chi connectivity index (χ2n) is 5.35. The number of likely N-dealkylation sites (N-methyl/N-ethyl adjacent to an activating group) is 1. The number of amides is 1. The van der Waals surface area contributed by atoms with Crippen LogP contribution in [0.25, 0.3) is 0 Å². The minimum absolute atomic E-state index is 0. The lowest BCUT2D eigenvalue weighted by atomic mass is 10.1. The van der Waals surface area contributed by atoms with Crippen molar-refractivity contribution in [1.29, 1.82) is 0 Å². The van der Waals surface area contributed by atoms with Gasteiger partial charge in [-0.25, -0.2) is 4.99 Å². The quantitative estimate of drug-likeness (QED) is 0.277. The third-order valence-corrected chi connectivity index (χ3v) is 3.27. The third-order valence-electron chi connectivity index (χ3n) is 3.27. The molecule has 0 aliphatic heterocycles. The van der Waals surface area contributed by atoms with Crippen LogP contribution in [0.15, 0.2) is 35.3 Å². The Kier molecular flexibility index (Phi) is 12.3. The smallest absolute Gasteiger partial charge is 0.243 e. The fourth-order valence-electron chi connectivity index (χ4n) is 1.86. The van der Waals surface area contributed by atoms with Crippen LogP contribution in [-0.4, -0.2) is 57.2 Å². The SMILES string of the molecule is CCOCCNC(=NCC(=O)N(C)C)NC(C)c1ccccc1.I. The number of benzene rings is 1. The van der Waals surface area contributed by atoms with Crippen molar-refractivity contribution in [2.45, 2.75) is 19.9 Å². The summed E-state index contributed by atoms with van der Waals surface area (Å²) in [6, 6.07) is 10.2. The topological polar surface area (TPSA) is 66.0 Å². The normalized spacial score (nSPS) is 12.1. The van der Waals surface area contributed by atoms with Gasteiger partial charge in [0.05, 0.1) is 12.6 Å². The van der Waals surface area contributed by atoms with Gasteiger partial charge in [-0.05, 0) is 19.4 Å². The first-order chi connectivity index (χ1) is 11.0. The van der Waals surface area contributed by atoms with E-state index >= 15 is 0 Å². The molecule has 6 nitrogen and oxygen atoms in total.